The van der Waals surface area contributed by atoms with Crippen molar-refractivity contribution in [2.45, 2.75) is 6.92 Å². The normalized spacial score (nSPS) is 10.0. The van der Waals surface area contributed by atoms with E-state index in [1.54, 1.807) is 0 Å². The Labute approximate surface area is 49.4 Å². The number of allylic oxidation sites excluding steroid dienone is 1. The van der Waals surface area contributed by atoms with Gasteiger partial charge in [0.2, 0.25) is 0 Å². The van der Waals surface area contributed by atoms with E-state index in [4.69, 9.17) is 11.6 Å². The SMILES string of the molecule is CCN/C=C/CCl. The second-order valence-electron chi connectivity index (χ2n) is 1.11. The van der Waals surface area contributed by atoms with Gasteiger partial charge in [0.15, 0.2) is 0 Å². The van der Waals surface area contributed by atoms with E-state index >= 15 is 0 Å². The van der Waals surface area contributed by atoms with Gasteiger partial charge in [0.1, 0.15) is 0 Å². The van der Waals surface area contributed by atoms with E-state index in [2.05, 4.69) is 5.32 Å². The standard InChI is InChI=1S/C5H10ClN/c1-2-7-5-3-4-6/h3,5,7H,2,4H2,1H3/b5-3+. The van der Waals surface area contributed by atoms with Gasteiger partial charge in [-0.1, -0.05) is 6.08 Å². The Morgan fingerprint density at radius 1 is 1.71 bits per heavy atom. The van der Waals surface area contributed by atoms with E-state index in [0.717, 1.165) is 6.54 Å². The molecule has 0 bridgehead atoms. The lowest BCUT2D eigenvalue weighted by molar-refractivity contribution is 0.918. The van der Waals surface area contributed by atoms with Crippen molar-refractivity contribution in [3.05, 3.63) is 12.3 Å². The molecule has 0 spiro atoms. The molecule has 0 unspecified atom stereocenters. The fraction of sp³-hybridized carbons (Fsp3) is 0.600. The molecule has 0 amide bonds. The average Bonchev–Trinajstić information content (AvgIpc) is 1.69. The summed E-state index contributed by atoms with van der Waals surface area (Å²) in [6.07, 6.45) is 3.72. The molecular weight excluding hydrogens is 110 g/mol. The van der Waals surface area contributed by atoms with Crippen LogP contribution in [0, 0.1) is 0 Å². The minimum Gasteiger partial charge on any atom is -0.391 e. The summed E-state index contributed by atoms with van der Waals surface area (Å²) in [6.45, 7) is 3.01. The summed E-state index contributed by atoms with van der Waals surface area (Å²) in [5, 5.41) is 2.98. The number of rotatable bonds is 3. The molecule has 0 aliphatic carbocycles. The topological polar surface area (TPSA) is 12.0 Å². The van der Waals surface area contributed by atoms with Gasteiger partial charge in [0.05, 0.1) is 0 Å². The van der Waals surface area contributed by atoms with Crippen LogP contribution in [0.5, 0.6) is 0 Å². The number of nitrogens with one attached hydrogen (secondary N) is 1. The molecule has 0 aliphatic heterocycles. The van der Waals surface area contributed by atoms with Crippen LogP contribution in [0.25, 0.3) is 0 Å². The van der Waals surface area contributed by atoms with Crippen molar-refractivity contribution in [1.82, 2.24) is 5.32 Å². The first kappa shape index (κ1) is 6.83. The first-order valence-electron chi connectivity index (χ1n) is 2.36. The Morgan fingerprint density at radius 2 is 2.43 bits per heavy atom. The molecule has 42 valence electrons. The highest BCUT2D eigenvalue weighted by Gasteiger charge is 1.64. The van der Waals surface area contributed by atoms with Gasteiger partial charge >= 0.3 is 0 Å². The van der Waals surface area contributed by atoms with Gasteiger partial charge in [-0.2, -0.15) is 0 Å². The van der Waals surface area contributed by atoms with Crippen molar-refractivity contribution in [3.63, 3.8) is 0 Å². The second kappa shape index (κ2) is 5.83. The molecule has 0 fully saturated rings. The summed E-state index contributed by atoms with van der Waals surface area (Å²) in [7, 11) is 0. The van der Waals surface area contributed by atoms with Gasteiger partial charge in [-0.25, -0.2) is 0 Å². The summed E-state index contributed by atoms with van der Waals surface area (Å²) in [6, 6.07) is 0. The maximum atomic E-state index is 5.31. The van der Waals surface area contributed by atoms with Crippen LogP contribution in [-0.2, 0) is 0 Å². The van der Waals surface area contributed by atoms with Crippen LogP contribution in [0.15, 0.2) is 12.3 Å². The molecule has 0 rings (SSSR count). The third-order valence-electron chi connectivity index (χ3n) is 0.529. The highest BCUT2D eigenvalue weighted by atomic mass is 35.5. The van der Waals surface area contributed by atoms with Crippen LogP contribution in [-0.4, -0.2) is 12.4 Å². The molecule has 0 saturated heterocycles. The zero-order valence-electron chi connectivity index (χ0n) is 4.45. The Bertz CT molecular complexity index is 52.0. The summed E-state index contributed by atoms with van der Waals surface area (Å²) in [5.41, 5.74) is 0. The quantitative estimate of drug-likeness (QED) is 0.553. The largest absolute Gasteiger partial charge is 0.391 e. The summed E-state index contributed by atoms with van der Waals surface area (Å²) < 4.78 is 0. The predicted molar refractivity (Wildman–Crippen MR) is 33.5 cm³/mol. The second-order valence-corrected chi connectivity index (χ2v) is 1.42. The summed E-state index contributed by atoms with van der Waals surface area (Å²) in [4.78, 5) is 0. The molecule has 0 radical (unpaired) electrons. The number of halogens is 1. The first-order valence-corrected chi connectivity index (χ1v) is 2.89. The third-order valence-corrected chi connectivity index (χ3v) is 0.707. The molecule has 1 nitrogen and oxygen atoms in total. The smallest absolute Gasteiger partial charge is 0.0420 e. The molecule has 0 saturated carbocycles. The molecule has 0 aromatic rings. The van der Waals surface area contributed by atoms with Crippen molar-refractivity contribution in [2.24, 2.45) is 0 Å². The maximum Gasteiger partial charge on any atom is 0.0420 e. The van der Waals surface area contributed by atoms with Crippen LogP contribution in [0.3, 0.4) is 0 Å². The predicted octanol–water partition coefficient (Wildman–Crippen LogP) is 1.35. The van der Waals surface area contributed by atoms with Crippen LogP contribution < -0.4 is 5.32 Å². The fourth-order valence-corrected chi connectivity index (χ4v) is 0.335. The third kappa shape index (κ3) is 5.83. The van der Waals surface area contributed by atoms with E-state index in [0.29, 0.717) is 5.88 Å². The Morgan fingerprint density at radius 3 is 2.86 bits per heavy atom. The van der Waals surface area contributed by atoms with Crippen LogP contribution in [0.1, 0.15) is 6.92 Å². The van der Waals surface area contributed by atoms with Gasteiger partial charge in [0.25, 0.3) is 0 Å². The molecule has 0 heterocycles. The minimum atomic E-state index is 0.590. The Hall–Kier alpha value is -0.170. The van der Waals surface area contributed by atoms with Crippen molar-refractivity contribution < 1.29 is 0 Å². The fourth-order valence-electron chi connectivity index (χ4n) is 0.246. The molecular formula is C5H10ClN. The lowest BCUT2D eigenvalue weighted by atomic mass is 10.6. The van der Waals surface area contributed by atoms with Gasteiger partial charge in [-0.05, 0) is 13.1 Å². The summed E-state index contributed by atoms with van der Waals surface area (Å²) in [5.74, 6) is 0.590. The molecule has 2 heteroatoms. The minimum absolute atomic E-state index is 0.590. The van der Waals surface area contributed by atoms with Crippen molar-refractivity contribution >= 4 is 11.6 Å². The summed E-state index contributed by atoms with van der Waals surface area (Å²) >= 11 is 5.31. The highest BCUT2D eigenvalue weighted by Crippen LogP contribution is 1.72. The zero-order chi connectivity index (χ0) is 5.54. The van der Waals surface area contributed by atoms with Gasteiger partial charge in [-0.3, -0.25) is 0 Å². The van der Waals surface area contributed by atoms with Crippen molar-refractivity contribution in [1.29, 1.82) is 0 Å². The van der Waals surface area contributed by atoms with Crippen LogP contribution in [0.4, 0.5) is 0 Å². The Kier molecular flexibility index (Phi) is 5.69. The van der Waals surface area contributed by atoms with Gasteiger partial charge < -0.3 is 5.32 Å². The van der Waals surface area contributed by atoms with Crippen LogP contribution in [0.2, 0.25) is 0 Å². The van der Waals surface area contributed by atoms with E-state index in [9.17, 15) is 0 Å². The zero-order valence-corrected chi connectivity index (χ0v) is 5.20. The van der Waals surface area contributed by atoms with E-state index in [-0.39, 0.29) is 0 Å². The monoisotopic (exact) mass is 119 g/mol. The number of alkyl halides is 1. The number of hydrogen-bond acceptors (Lipinski definition) is 1. The lowest BCUT2D eigenvalue weighted by Gasteiger charge is -1.86. The van der Waals surface area contributed by atoms with Crippen LogP contribution >= 0.6 is 11.6 Å². The van der Waals surface area contributed by atoms with Gasteiger partial charge in [0, 0.05) is 12.4 Å². The molecule has 1 N–H and O–H groups in total. The molecule has 7 heavy (non-hydrogen) atoms. The molecule has 0 aromatic carbocycles. The van der Waals surface area contributed by atoms with E-state index < -0.39 is 0 Å². The Balaban J connectivity index is 2.78. The molecule has 0 aromatic heterocycles. The molecule has 0 aliphatic rings. The molecule has 0 atom stereocenters. The highest BCUT2D eigenvalue weighted by molar-refractivity contribution is 6.18. The van der Waals surface area contributed by atoms with Gasteiger partial charge in [-0.15, -0.1) is 11.6 Å². The van der Waals surface area contributed by atoms with Crippen molar-refractivity contribution in [2.75, 3.05) is 12.4 Å². The number of hydrogen-bond donors (Lipinski definition) is 1. The van der Waals surface area contributed by atoms with E-state index in [1.165, 1.54) is 0 Å². The lowest BCUT2D eigenvalue weighted by Crippen LogP contribution is -2.01. The van der Waals surface area contributed by atoms with E-state index in [1.807, 2.05) is 19.2 Å². The van der Waals surface area contributed by atoms with Crippen molar-refractivity contribution in [3.8, 4) is 0 Å². The first-order chi connectivity index (χ1) is 3.41. The maximum absolute atomic E-state index is 5.31. The average molecular weight is 120 g/mol.